The maximum atomic E-state index is 13.6. The van der Waals surface area contributed by atoms with Crippen LogP contribution in [0.15, 0.2) is 122 Å². The molecule has 0 spiro atoms. The van der Waals surface area contributed by atoms with E-state index in [0.29, 0.717) is 23.9 Å². The number of likely N-dealkylation sites (N-methyl/N-ethyl adjacent to an activating group) is 1. The number of phosphoric ester groups is 1. The molecule has 0 saturated heterocycles. The van der Waals surface area contributed by atoms with Crippen molar-refractivity contribution in [3.05, 3.63) is 122 Å². The lowest BCUT2D eigenvalue weighted by Gasteiger charge is -2.27. The molecule has 3 atom stereocenters. The second-order valence-corrected chi connectivity index (χ2v) is 24.4. The number of nitrogens with zero attached hydrogens (tertiary/aromatic N) is 1. The first-order valence-corrected chi connectivity index (χ1v) is 34.4. The lowest BCUT2D eigenvalue weighted by atomic mass is 10.0. The number of ether oxygens (including phenoxy) is 1. The molecule has 2 N–H and O–H groups in total. The number of rotatable bonds is 58. The zero-order valence-electron chi connectivity index (χ0n) is 53.0. The van der Waals surface area contributed by atoms with Gasteiger partial charge in [0.2, 0.25) is 5.91 Å². The van der Waals surface area contributed by atoms with Crippen molar-refractivity contribution in [1.29, 1.82) is 0 Å². The van der Waals surface area contributed by atoms with E-state index in [2.05, 4.69) is 135 Å². The standard InChI is InChI=1S/C71H123N2O7P/c1-7-10-13-16-19-22-25-28-30-32-34-36-38-40-42-45-48-51-54-57-60-63-70(74)72-68(67-79-81(76,77)78-66-65-73(4,5)6)69(62-59-56-53-50-47-44-27-24-21-18-15-12-9-3)80-71(75)64-61-58-55-52-49-46-43-41-39-37-35-33-31-29-26-23-20-17-14-11-8-2/h11,14,19-20,22-23,28-31,34-37,41,43,49,52,59,62,68-69H,7-10,12-13,15-18,21,24-27,32-33,38-40,42,44-48,50-51,53-58,60-61,63-67H2,1-6H3,(H-,72,74,76,77)/p+1/b14-11-,22-19-,23-20-,30-28-,31-29-,36-34-,37-35-,43-41-,52-49-,62-59+. The Hall–Kier alpha value is -3.59. The Morgan fingerprint density at radius 1 is 0.444 bits per heavy atom. The fraction of sp³-hybridized carbons (Fsp3) is 0.690. The van der Waals surface area contributed by atoms with E-state index in [0.717, 1.165) is 116 Å². The smallest absolute Gasteiger partial charge is 0.456 e. The summed E-state index contributed by atoms with van der Waals surface area (Å²) in [4.78, 5) is 37.8. The van der Waals surface area contributed by atoms with Gasteiger partial charge >= 0.3 is 13.8 Å². The van der Waals surface area contributed by atoms with Crippen molar-refractivity contribution in [3.63, 3.8) is 0 Å². The van der Waals surface area contributed by atoms with E-state index < -0.39 is 20.0 Å². The number of hydrogen-bond donors (Lipinski definition) is 2. The Kier molecular flexibility index (Phi) is 56.9. The summed E-state index contributed by atoms with van der Waals surface area (Å²) in [6.07, 6.45) is 83.4. The van der Waals surface area contributed by atoms with Crippen LogP contribution >= 0.6 is 7.82 Å². The third-order valence-corrected chi connectivity index (χ3v) is 14.9. The second kappa shape index (κ2) is 59.6. The van der Waals surface area contributed by atoms with Gasteiger partial charge in [-0.3, -0.25) is 18.6 Å². The van der Waals surface area contributed by atoms with Crippen molar-refractivity contribution in [2.45, 2.75) is 277 Å². The van der Waals surface area contributed by atoms with Crippen LogP contribution in [0.4, 0.5) is 0 Å². The molecule has 0 aromatic rings. The second-order valence-electron chi connectivity index (χ2n) is 22.9. The average molecular weight is 1150 g/mol. The number of carbonyl (C=O) groups excluding carboxylic acids is 2. The topological polar surface area (TPSA) is 111 Å². The summed E-state index contributed by atoms with van der Waals surface area (Å²) < 4.78 is 30.7. The molecule has 0 aliphatic heterocycles. The zero-order chi connectivity index (χ0) is 59.3. The Morgan fingerprint density at radius 2 is 0.790 bits per heavy atom. The summed E-state index contributed by atoms with van der Waals surface area (Å²) in [7, 11) is 1.45. The summed E-state index contributed by atoms with van der Waals surface area (Å²) in [5.74, 6) is -0.569. The largest absolute Gasteiger partial charge is 0.472 e. The number of carbonyl (C=O) groups is 2. The minimum Gasteiger partial charge on any atom is -0.456 e. The van der Waals surface area contributed by atoms with Crippen molar-refractivity contribution in [2.75, 3.05) is 40.9 Å². The highest BCUT2D eigenvalue weighted by atomic mass is 31.2. The van der Waals surface area contributed by atoms with E-state index in [1.165, 1.54) is 109 Å². The summed E-state index contributed by atoms with van der Waals surface area (Å²) in [6.45, 7) is 6.83. The molecule has 0 aliphatic carbocycles. The Labute approximate surface area is 499 Å². The van der Waals surface area contributed by atoms with Gasteiger partial charge in [-0.1, -0.05) is 252 Å². The summed E-state index contributed by atoms with van der Waals surface area (Å²) >= 11 is 0. The molecule has 464 valence electrons. The number of phosphoric acid groups is 1. The number of allylic oxidation sites excluding steroid dienone is 19. The van der Waals surface area contributed by atoms with Gasteiger partial charge in [-0.2, -0.15) is 0 Å². The predicted octanol–water partition coefficient (Wildman–Crippen LogP) is 20.7. The monoisotopic (exact) mass is 1150 g/mol. The maximum absolute atomic E-state index is 13.6. The maximum Gasteiger partial charge on any atom is 0.472 e. The van der Waals surface area contributed by atoms with E-state index in [1.807, 2.05) is 33.3 Å². The molecule has 0 radical (unpaired) electrons. The van der Waals surface area contributed by atoms with Crippen molar-refractivity contribution in [1.82, 2.24) is 5.32 Å². The SMILES string of the molecule is CC/C=C\C/C=C\C/C=C\C/C=C\C/C=C\C/C=C\CCCCC(=O)OC(/C=C/CCCCCCCCCCCCC)C(COP(=O)(O)OCC[N+](C)(C)C)NC(=O)CCCCCCCCCC/C=C\C/C=C\C/C=C\CCCCC. The molecule has 0 heterocycles. The number of nitrogens with one attached hydrogen (secondary N) is 1. The third-order valence-electron chi connectivity index (χ3n) is 13.9. The van der Waals surface area contributed by atoms with E-state index in [-0.39, 0.29) is 31.5 Å². The number of hydrogen-bond acceptors (Lipinski definition) is 6. The van der Waals surface area contributed by atoms with Crippen LogP contribution in [0, 0.1) is 0 Å². The molecule has 0 aliphatic rings. The Morgan fingerprint density at radius 3 is 1.22 bits per heavy atom. The van der Waals surface area contributed by atoms with Gasteiger partial charge in [-0.15, -0.1) is 0 Å². The van der Waals surface area contributed by atoms with Crippen LogP contribution in [0.25, 0.3) is 0 Å². The van der Waals surface area contributed by atoms with Gasteiger partial charge in [-0.05, 0) is 122 Å². The van der Waals surface area contributed by atoms with Crippen LogP contribution in [-0.2, 0) is 27.9 Å². The van der Waals surface area contributed by atoms with Gasteiger partial charge in [0, 0.05) is 12.8 Å². The fourth-order valence-electron chi connectivity index (χ4n) is 8.83. The minimum atomic E-state index is -4.47. The lowest BCUT2D eigenvalue weighted by Crippen LogP contribution is -2.47. The first-order chi connectivity index (χ1) is 39.4. The van der Waals surface area contributed by atoms with Gasteiger partial charge in [0.15, 0.2) is 0 Å². The summed E-state index contributed by atoms with van der Waals surface area (Å²) in [5.41, 5.74) is 0. The molecule has 3 unspecified atom stereocenters. The molecule has 0 aromatic carbocycles. The van der Waals surface area contributed by atoms with E-state index in [9.17, 15) is 19.0 Å². The molecular weight excluding hydrogens is 1020 g/mol. The molecule has 81 heavy (non-hydrogen) atoms. The van der Waals surface area contributed by atoms with Gasteiger partial charge in [-0.25, -0.2) is 4.57 Å². The highest BCUT2D eigenvalue weighted by Crippen LogP contribution is 2.43. The van der Waals surface area contributed by atoms with Crippen molar-refractivity contribution in [3.8, 4) is 0 Å². The summed E-state index contributed by atoms with van der Waals surface area (Å²) in [5, 5.41) is 3.05. The van der Waals surface area contributed by atoms with Crippen LogP contribution in [-0.4, -0.2) is 74.3 Å². The molecule has 0 fully saturated rings. The third kappa shape index (κ3) is 60.8. The lowest BCUT2D eigenvalue weighted by molar-refractivity contribution is -0.870. The molecule has 10 heteroatoms. The predicted molar refractivity (Wildman–Crippen MR) is 350 cm³/mol. The van der Waals surface area contributed by atoms with Crippen LogP contribution in [0.5, 0.6) is 0 Å². The highest BCUT2D eigenvalue weighted by molar-refractivity contribution is 7.47. The first kappa shape index (κ1) is 77.4. The summed E-state index contributed by atoms with van der Waals surface area (Å²) in [6, 6.07) is -0.880. The van der Waals surface area contributed by atoms with Gasteiger partial charge in [0.1, 0.15) is 19.3 Å². The molecule has 0 aromatic heterocycles. The van der Waals surface area contributed by atoms with Gasteiger partial charge in [0.25, 0.3) is 0 Å². The van der Waals surface area contributed by atoms with Crippen LogP contribution in [0.3, 0.4) is 0 Å². The van der Waals surface area contributed by atoms with E-state index in [1.54, 1.807) is 0 Å². The Balaban J connectivity index is 5.33. The number of amides is 1. The van der Waals surface area contributed by atoms with Crippen LogP contribution < -0.4 is 5.32 Å². The number of quaternary nitrogens is 1. The zero-order valence-corrected chi connectivity index (χ0v) is 53.9. The Bertz CT molecular complexity index is 1800. The molecule has 9 nitrogen and oxygen atoms in total. The molecule has 0 saturated carbocycles. The van der Waals surface area contributed by atoms with Gasteiger partial charge < -0.3 is 19.4 Å². The fourth-order valence-corrected chi connectivity index (χ4v) is 9.57. The van der Waals surface area contributed by atoms with Crippen molar-refractivity contribution < 1.29 is 37.3 Å². The number of unbranched alkanes of at least 4 members (excludes halogenated alkanes) is 24. The van der Waals surface area contributed by atoms with Crippen LogP contribution in [0.1, 0.15) is 265 Å². The number of esters is 1. The quantitative estimate of drug-likeness (QED) is 0.0205. The average Bonchev–Trinajstić information content (AvgIpc) is 3.44. The molecular formula is C71H124N2O7P+. The normalized spacial score (nSPS) is 14.4. The highest BCUT2D eigenvalue weighted by Gasteiger charge is 2.30. The van der Waals surface area contributed by atoms with E-state index in [4.69, 9.17) is 13.8 Å². The molecule has 0 rings (SSSR count). The molecule has 1 amide bonds. The van der Waals surface area contributed by atoms with Crippen LogP contribution in [0.2, 0.25) is 0 Å². The van der Waals surface area contributed by atoms with Crippen molar-refractivity contribution in [2.24, 2.45) is 0 Å². The molecule has 0 bridgehead atoms. The first-order valence-electron chi connectivity index (χ1n) is 32.9. The van der Waals surface area contributed by atoms with Gasteiger partial charge in [0.05, 0.1) is 33.8 Å². The minimum absolute atomic E-state index is 0.0252. The van der Waals surface area contributed by atoms with Crippen molar-refractivity contribution >= 4 is 19.7 Å². The van der Waals surface area contributed by atoms with E-state index >= 15 is 0 Å².